The molecule has 53 heavy (non-hydrogen) atoms. The molecule has 0 aliphatic heterocycles. The minimum Gasteiger partial charge on any atom is -0.456 e. The molecule has 0 saturated carbocycles. The Bertz CT molecular complexity index is 2800. The molecule has 0 atom stereocenters. The maximum absolute atomic E-state index is 6.65. The average molecular weight is 678 g/mol. The molecule has 0 aliphatic rings. The van der Waals surface area contributed by atoms with Gasteiger partial charge < -0.3 is 4.42 Å². The summed E-state index contributed by atoms with van der Waals surface area (Å²) >= 11 is 0. The van der Waals surface area contributed by atoms with Crippen molar-refractivity contribution in [3.05, 3.63) is 188 Å². The van der Waals surface area contributed by atoms with E-state index in [1.165, 1.54) is 0 Å². The molecule has 0 aliphatic carbocycles. The van der Waals surface area contributed by atoms with Gasteiger partial charge in [-0.25, -0.2) is 15.0 Å². The molecule has 248 valence electrons. The van der Waals surface area contributed by atoms with Crippen molar-refractivity contribution in [2.45, 2.75) is 0 Å². The van der Waals surface area contributed by atoms with E-state index in [0.717, 1.165) is 82.8 Å². The second-order valence-electron chi connectivity index (χ2n) is 13.2. The second-order valence-corrected chi connectivity index (χ2v) is 13.2. The van der Waals surface area contributed by atoms with Gasteiger partial charge in [0.25, 0.3) is 0 Å². The molecule has 10 aromatic rings. The number of benzene rings is 8. The first-order chi connectivity index (χ1) is 26.2. The topological polar surface area (TPSA) is 51.8 Å². The number of nitrogens with zero attached hydrogens (tertiary/aromatic N) is 3. The molecule has 4 heteroatoms. The molecule has 10 rings (SSSR count). The third-order valence-electron chi connectivity index (χ3n) is 9.95. The van der Waals surface area contributed by atoms with Crippen LogP contribution in [0.15, 0.2) is 192 Å². The third-order valence-corrected chi connectivity index (χ3v) is 9.95. The predicted molar refractivity (Wildman–Crippen MR) is 217 cm³/mol. The summed E-state index contributed by atoms with van der Waals surface area (Å²) in [5.74, 6) is 1.79. The highest BCUT2D eigenvalue weighted by molar-refractivity contribution is 6.23. The number of furan rings is 1. The van der Waals surface area contributed by atoms with Crippen molar-refractivity contribution in [1.82, 2.24) is 15.0 Å². The fourth-order valence-electron chi connectivity index (χ4n) is 7.28. The van der Waals surface area contributed by atoms with E-state index in [4.69, 9.17) is 19.4 Å². The monoisotopic (exact) mass is 677 g/mol. The largest absolute Gasteiger partial charge is 0.456 e. The van der Waals surface area contributed by atoms with Crippen molar-refractivity contribution < 1.29 is 4.42 Å². The summed E-state index contributed by atoms with van der Waals surface area (Å²) in [6.07, 6.45) is 0. The van der Waals surface area contributed by atoms with Gasteiger partial charge in [-0.05, 0) is 62.4 Å². The Labute approximate surface area is 306 Å². The molecule has 0 N–H and O–H groups in total. The first-order valence-electron chi connectivity index (χ1n) is 17.8. The molecule has 4 nitrogen and oxygen atoms in total. The predicted octanol–water partition coefficient (Wildman–Crippen LogP) is 12.9. The van der Waals surface area contributed by atoms with Gasteiger partial charge in [0.1, 0.15) is 11.2 Å². The van der Waals surface area contributed by atoms with Gasteiger partial charge >= 0.3 is 0 Å². The fourth-order valence-corrected chi connectivity index (χ4v) is 7.28. The number of rotatable bonds is 6. The van der Waals surface area contributed by atoms with E-state index in [9.17, 15) is 0 Å². The van der Waals surface area contributed by atoms with Crippen LogP contribution in [0.5, 0.6) is 0 Å². The summed E-state index contributed by atoms with van der Waals surface area (Å²) in [5.41, 5.74) is 11.0. The van der Waals surface area contributed by atoms with E-state index in [-0.39, 0.29) is 0 Å². The van der Waals surface area contributed by atoms with Gasteiger partial charge in [0.15, 0.2) is 17.5 Å². The van der Waals surface area contributed by atoms with Gasteiger partial charge in [0.2, 0.25) is 0 Å². The van der Waals surface area contributed by atoms with E-state index in [0.29, 0.717) is 17.5 Å². The average Bonchev–Trinajstić information content (AvgIpc) is 3.64. The molecule has 2 heterocycles. The highest BCUT2D eigenvalue weighted by Crippen LogP contribution is 2.42. The Morgan fingerprint density at radius 3 is 1.32 bits per heavy atom. The lowest BCUT2D eigenvalue weighted by atomic mass is 9.96. The molecular formula is C49H31N3O. The zero-order valence-corrected chi connectivity index (χ0v) is 28.6. The molecule has 0 fully saturated rings. The van der Waals surface area contributed by atoms with Gasteiger partial charge in [-0.3, -0.25) is 0 Å². The summed E-state index contributed by atoms with van der Waals surface area (Å²) in [6, 6.07) is 65.1. The number of hydrogen-bond acceptors (Lipinski definition) is 4. The van der Waals surface area contributed by atoms with Crippen molar-refractivity contribution in [1.29, 1.82) is 0 Å². The molecule has 0 radical (unpaired) electrons. The highest BCUT2D eigenvalue weighted by atomic mass is 16.3. The normalized spacial score (nSPS) is 11.4. The Morgan fingerprint density at radius 1 is 0.302 bits per heavy atom. The van der Waals surface area contributed by atoms with E-state index in [1.807, 2.05) is 18.2 Å². The minimum atomic E-state index is 0.586. The zero-order valence-electron chi connectivity index (χ0n) is 28.6. The molecule has 0 amide bonds. The number of aromatic nitrogens is 3. The molecule has 2 aromatic heterocycles. The summed E-state index contributed by atoms with van der Waals surface area (Å²) < 4.78 is 6.65. The van der Waals surface area contributed by atoms with Crippen molar-refractivity contribution in [2.75, 3.05) is 0 Å². The molecule has 0 bridgehead atoms. The molecule has 0 unspecified atom stereocenters. The van der Waals surface area contributed by atoms with E-state index >= 15 is 0 Å². The van der Waals surface area contributed by atoms with E-state index < -0.39 is 0 Å². The SMILES string of the molecule is c1ccc(-c2ccc(-c3nc(-c4ccc(-c5ccccc5)cc4)nc(-c4cc(-c5ccccc5)cc5oc6ccc7ccccc7c6c45)n3)cc2)cc1. The van der Waals surface area contributed by atoms with Crippen LogP contribution in [0.3, 0.4) is 0 Å². The Balaban J connectivity index is 1.22. The maximum Gasteiger partial charge on any atom is 0.164 e. The standard InChI is InChI=1S/C49H31N3O/c1-4-12-32(13-5-1)35-20-24-38(25-21-35)47-50-48(39-26-22-36(23-27-39)33-14-6-2-7-15-33)52-49(51-47)42-30-40(34-16-8-3-9-17-34)31-44-46(42)45-41-19-11-10-18-37(41)28-29-43(45)53-44/h1-31H. The number of fused-ring (bicyclic) bond motifs is 5. The molecule has 0 spiro atoms. The fraction of sp³-hybridized carbons (Fsp3) is 0. The highest BCUT2D eigenvalue weighted by Gasteiger charge is 2.21. The van der Waals surface area contributed by atoms with E-state index in [2.05, 4.69) is 170 Å². The van der Waals surface area contributed by atoms with Gasteiger partial charge in [0, 0.05) is 27.5 Å². The van der Waals surface area contributed by atoms with Crippen LogP contribution < -0.4 is 0 Å². The first kappa shape index (κ1) is 30.6. The van der Waals surface area contributed by atoms with Crippen molar-refractivity contribution >= 4 is 32.7 Å². The van der Waals surface area contributed by atoms with Crippen LogP contribution in [0.2, 0.25) is 0 Å². The lowest BCUT2D eigenvalue weighted by Gasteiger charge is -2.12. The van der Waals surface area contributed by atoms with Gasteiger partial charge in [-0.15, -0.1) is 0 Å². The molecule has 8 aromatic carbocycles. The van der Waals surface area contributed by atoms with Crippen LogP contribution in [-0.4, -0.2) is 15.0 Å². The van der Waals surface area contributed by atoms with Crippen LogP contribution in [0.1, 0.15) is 0 Å². The minimum absolute atomic E-state index is 0.586. The quantitative estimate of drug-likeness (QED) is 0.176. The van der Waals surface area contributed by atoms with Crippen LogP contribution >= 0.6 is 0 Å². The summed E-state index contributed by atoms with van der Waals surface area (Å²) in [5, 5.41) is 4.31. The van der Waals surface area contributed by atoms with E-state index in [1.54, 1.807) is 0 Å². The van der Waals surface area contributed by atoms with Gasteiger partial charge in [0.05, 0.1) is 0 Å². The van der Waals surface area contributed by atoms with Crippen molar-refractivity contribution in [2.24, 2.45) is 0 Å². The summed E-state index contributed by atoms with van der Waals surface area (Å²) in [7, 11) is 0. The van der Waals surface area contributed by atoms with Crippen LogP contribution in [0.4, 0.5) is 0 Å². The number of hydrogen-bond donors (Lipinski definition) is 0. The smallest absolute Gasteiger partial charge is 0.164 e. The van der Waals surface area contributed by atoms with Gasteiger partial charge in [-0.2, -0.15) is 0 Å². The Morgan fingerprint density at radius 2 is 0.755 bits per heavy atom. The van der Waals surface area contributed by atoms with Gasteiger partial charge in [-0.1, -0.05) is 170 Å². The van der Waals surface area contributed by atoms with Crippen LogP contribution in [0.25, 0.3) is 100 Å². The molecule has 0 saturated heterocycles. The van der Waals surface area contributed by atoms with Crippen molar-refractivity contribution in [3.63, 3.8) is 0 Å². The Kier molecular flexibility index (Phi) is 7.43. The van der Waals surface area contributed by atoms with Crippen LogP contribution in [0, 0.1) is 0 Å². The van der Waals surface area contributed by atoms with Crippen LogP contribution in [-0.2, 0) is 0 Å². The summed E-state index contributed by atoms with van der Waals surface area (Å²) in [6.45, 7) is 0. The first-order valence-corrected chi connectivity index (χ1v) is 17.8. The zero-order chi connectivity index (χ0) is 35.1. The third kappa shape index (κ3) is 5.63. The lowest BCUT2D eigenvalue weighted by molar-refractivity contribution is 0.669. The molecular weight excluding hydrogens is 647 g/mol. The second kappa shape index (κ2) is 12.9. The Hall–Kier alpha value is -7.17. The lowest BCUT2D eigenvalue weighted by Crippen LogP contribution is -2.01. The maximum atomic E-state index is 6.65. The summed E-state index contributed by atoms with van der Waals surface area (Å²) in [4.78, 5) is 15.6. The van der Waals surface area contributed by atoms with Crippen molar-refractivity contribution in [3.8, 4) is 67.5 Å².